The van der Waals surface area contributed by atoms with Crippen molar-refractivity contribution in [3.8, 4) is 5.82 Å². The van der Waals surface area contributed by atoms with Crippen LogP contribution in [0.4, 0.5) is 0 Å². The fourth-order valence-corrected chi connectivity index (χ4v) is 1.87. The monoisotopic (exact) mass is 264 g/mol. The third-order valence-electron chi connectivity index (χ3n) is 2.64. The molecule has 0 amide bonds. The summed E-state index contributed by atoms with van der Waals surface area (Å²) in [4.78, 5) is 8.68. The summed E-state index contributed by atoms with van der Waals surface area (Å²) in [5, 5.41) is 4.95. The Morgan fingerprint density at radius 3 is 2.72 bits per heavy atom. The van der Waals surface area contributed by atoms with Crippen LogP contribution in [-0.4, -0.2) is 19.7 Å². The number of nitrogens with zero attached hydrogens (tertiary/aromatic N) is 4. The summed E-state index contributed by atoms with van der Waals surface area (Å²) in [7, 11) is 0. The van der Waals surface area contributed by atoms with Gasteiger partial charge in [-0.25, -0.2) is 14.6 Å². The molecule has 0 spiro atoms. The molecule has 0 radical (unpaired) electrons. The molecule has 18 heavy (non-hydrogen) atoms. The maximum absolute atomic E-state index is 6.01. The lowest BCUT2D eigenvalue weighted by Gasteiger charge is -2.04. The van der Waals surface area contributed by atoms with Gasteiger partial charge >= 0.3 is 0 Å². The number of rotatable bonds is 4. The molecule has 0 fully saturated rings. The summed E-state index contributed by atoms with van der Waals surface area (Å²) >= 11 is 6.01. The van der Waals surface area contributed by atoms with Crippen LogP contribution in [0.25, 0.3) is 5.82 Å². The first-order valence-electron chi connectivity index (χ1n) is 6.19. The molecule has 0 N–H and O–H groups in total. The van der Waals surface area contributed by atoms with Crippen molar-refractivity contribution in [1.29, 1.82) is 0 Å². The van der Waals surface area contributed by atoms with Crippen LogP contribution in [0.5, 0.6) is 0 Å². The molecule has 5 heteroatoms. The van der Waals surface area contributed by atoms with Gasteiger partial charge < -0.3 is 0 Å². The SMILES string of the molecule is CCCc1nc(Cl)cc(-n2ccc(C(C)C)n2)n1. The number of halogens is 1. The van der Waals surface area contributed by atoms with Gasteiger partial charge in [-0.3, -0.25) is 0 Å². The van der Waals surface area contributed by atoms with Crippen molar-refractivity contribution in [3.05, 3.63) is 35.0 Å². The number of aromatic nitrogens is 4. The molecule has 0 aromatic carbocycles. The van der Waals surface area contributed by atoms with Crippen molar-refractivity contribution < 1.29 is 0 Å². The highest BCUT2D eigenvalue weighted by Crippen LogP contribution is 2.15. The second-order valence-corrected chi connectivity index (χ2v) is 4.94. The Morgan fingerprint density at radius 1 is 1.33 bits per heavy atom. The first kappa shape index (κ1) is 13.0. The second kappa shape index (κ2) is 5.48. The van der Waals surface area contributed by atoms with E-state index in [1.165, 1.54) is 0 Å². The van der Waals surface area contributed by atoms with Crippen LogP contribution in [0.15, 0.2) is 18.3 Å². The van der Waals surface area contributed by atoms with Crippen LogP contribution >= 0.6 is 11.6 Å². The first-order valence-corrected chi connectivity index (χ1v) is 6.57. The van der Waals surface area contributed by atoms with E-state index >= 15 is 0 Å². The van der Waals surface area contributed by atoms with E-state index in [1.54, 1.807) is 10.7 Å². The van der Waals surface area contributed by atoms with Gasteiger partial charge in [0.05, 0.1) is 5.69 Å². The highest BCUT2D eigenvalue weighted by molar-refractivity contribution is 6.29. The molecule has 2 rings (SSSR count). The molecule has 2 aromatic heterocycles. The van der Waals surface area contributed by atoms with Gasteiger partial charge in [0, 0.05) is 18.7 Å². The van der Waals surface area contributed by atoms with Gasteiger partial charge in [0.1, 0.15) is 11.0 Å². The average molecular weight is 265 g/mol. The summed E-state index contributed by atoms with van der Waals surface area (Å²) in [5.41, 5.74) is 1.04. The highest BCUT2D eigenvalue weighted by atomic mass is 35.5. The van der Waals surface area contributed by atoms with E-state index in [4.69, 9.17) is 11.6 Å². The Labute approximate surface area is 112 Å². The predicted octanol–water partition coefficient (Wildman–Crippen LogP) is 3.39. The zero-order valence-corrected chi connectivity index (χ0v) is 11.6. The summed E-state index contributed by atoms with van der Waals surface area (Å²) in [6.07, 6.45) is 3.73. The zero-order chi connectivity index (χ0) is 13.1. The molecule has 0 unspecified atom stereocenters. The highest BCUT2D eigenvalue weighted by Gasteiger charge is 2.08. The van der Waals surface area contributed by atoms with Gasteiger partial charge in [0.2, 0.25) is 0 Å². The molecule has 96 valence electrons. The molecule has 4 nitrogen and oxygen atoms in total. The lowest BCUT2D eigenvalue weighted by molar-refractivity contribution is 0.742. The van der Waals surface area contributed by atoms with Gasteiger partial charge in [0.25, 0.3) is 0 Å². The van der Waals surface area contributed by atoms with Gasteiger partial charge in [-0.05, 0) is 18.4 Å². The molecule has 0 atom stereocenters. The van der Waals surface area contributed by atoms with E-state index in [2.05, 4.69) is 35.8 Å². The van der Waals surface area contributed by atoms with Crippen molar-refractivity contribution in [3.63, 3.8) is 0 Å². The molecule has 2 heterocycles. The van der Waals surface area contributed by atoms with Gasteiger partial charge in [-0.15, -0.1) is 0 Å². The smallest absolute Gasteiger partial charge is 0.158 e. The normalized spacial score (nSPS) is 11.2. The second-order valence-electron chi connectivity index (χ2n) is 4.55. The average Bonchev–Trinajstić information content (AvgIpc) is 2.78. The minimum absolute atomic E-state index is 0.402. The van der Waals surface area contributed by atoms with Crippen LogP contribution in [0.2, 0.25) is 5.15 Å². The Hall–Kier alpha value is -1.42. The molecule has 0 bridgehead atoms. The molecular weight excluding hydrogens is 248 g/mol. The van der Waals surface area contributed by atoms with Gasteiger partial charge in [-0.1, -0.05) is 32.4 Å². The summed E-state index contributed by atoms with van der Waals surface area (Å²) in [5.74, 6) is 1.89. The van der Waals surface area contributed by atoms with E-state index < -0.39 is 0 Å². The molecular formula is C13H17ClN4. The van der Waals surface area contributed by atoms with Gasteiger partial charge in [-0.2, -0.15) is 5.10 Å². The maximum Gasteiger partial charge on any atom is 0.158 e. The third kappa shape index (κ3) is 2.88. The fourth-order valence-electron chi connectivity index (χ4n) is 1.68. The molecule has 2 aromatic rings. The van der Waals surface area contributed by atoms with E-state index in [0.717, 1.165) is 30.2 Å². The summed E-state index contributed by atoms with van der Waals surface area (Å²) < 4.78 is 1.75. The Kier molecular flexibility index (Phi) is 3.97. The number of hydrogen-bond donors (Lipinski definition) is 0. The molecule has 0 saturated carbocycles. The third-order valence-corrected chi connectivity index (χ3v) is 2.83. The summed E-state index contributed by atoms with van der Waals surface area (Å²) in [6.45, 7) is 6.32. The van der Waals surface area contributed by atoms with Crippen molar-refractivity contribution >= 4 is 11.6 Å². The standard InChI is InChI=1S/C13H17ClN4/c1-4-5-12-15-11(14)8-13(16-12)18-7-6-10(17-18)9(2)3/h6-9H,4-5H2,1-3H3. The topological polar surface area (TPSA) is 43.6 Å². The van der Waals surface area contributed by atoms with Crippen LogP contribution in [0.3, 0.4) is 0 Å². The Bertz CT molecular complexity index is 534. The molecule has 0 saturated heterocycles. The fraction of sp³-hybridized carbons (Fsp3) is 0.462. The van der Waals surface area contributed by atoms with Crippen molar-refractivity contribution in [2.75, 3.05) is 0 Å². The van der Waals surface area contributed by atoms with E-state index in [-0.39, 0.29) is 0 Å². The minimum atomic E-state index is 0.402. The van der Waals surface area contributed by atoms with E-state index in [1.807, 2.05) is 12.3 Å². The maximum atomic E-state index is 6.01. The molecule has 0 aliphatic carbocycles. The van der Waals surface area contributed by atoms with Crippen LogP contribution in [0.1, 0.15) is 44.6 Å². The van der Waals surface area contributed by atoms with Crippen molar-refractivity contribution in [2.45, 2.75) is 39.5 Å². The Morgan fingerprint density at radius 2 is 2.11 bits per heavy atom. The zero-order valence-electron chi connectivity index (χ0n) is 10.9. The van der Waals surface area contributed by atoms with Crippen LogP contribution < -0.4 is 0 Å². The van der Waals surface area contributed by atoms with Crippen LogP contribution in [-0.2, 0) is 6.42 Å². The van der Waals surface area contributed by atoms with Crippen molar-refractivity contribution in [1.82, 2.24) is 19.7 Å². The lowest BCUT2D eigenvalue weighted by atomic mass is 10.1. The largest absolute Gasteiger partial charge is 0.222 e. The van der Waals surface area contributed by atoms with Gasteiger partial charge in [0.15, 0.2) is 5.82 Å². The number of hydrogen-bond acceptors (Lipinski definition) is 3. The minimum Gasteiger partial charge on any atom is -0.222 e. The van der Waals surface area contributed by atoms with Crippen LogP contribution in [0, 0.1) is 0 Å². The molecule has 0 aliphatic heterocycles. The predicted molar refractivity (Wildman–Crippen MR) is 72.2 cm³/mol. The summed E-state index contributed by atoms with van der Waals surface area (Å²) in [6, 6.07) is 3.73. The van der Waals surface area contributed by atoms with Crippen molar-refractivity contribution in [2.24, 2.45) is 0 Å². The lowest BCUT2D eigenvalue weighted by Crippen LogP contribution is -2.04. The Balaban J connectivity index is 2.36. The first-order chi connectivity index (χ1) is 8.60. The van der Waals surface area contributed by atoms with E-state index in [9.17, 15) is 0 Å². The van der Waals surface area contributed by atoms with E-state index in [0.29, 0.717) is 11.1 Å². The molecule has 0 aliphatic rings. The number of aryl methyl sites for hydroxylation is 1. The quantitative estimate of drug-likeness (QED) is 0.795.